The molecule has 0 saturated carbocycles. The molecule has 4 saturated heterocycles. The molecular formula is C30H42N6O3. The third-order valence-electron chi connectivity index (χ3n) is 9.73. The largest absolute Gasteiger partial charge is 0.381 e. The Kier molecular flexibility index (Phi) is 7.14. The lowest BCUT2D eigenvalue weighted by molar-refractivity contribution is -0.114. The van der Waals surface area contributed by atoms with Gasteiger partial charge in [0.25, 0.3) is 0 Å². The zero-order valence-corrected chi connectivity index (χ0v) is 23.5. The van der Waals surface area contributed by atoms with E-state index in [-0.39, 0.29) is 17.5 Å². The van der Waals surface area contributed by atoms with Crippen molar-refractivity contribution in [2.45, 2.75) is 70.9 Å². The summed E-state index contributed by atoms with van der Waals surface area (Å²) in [4.78, 5) is 31.7. The number of piperidine rings is 1. The molecule has 0 bridgehead atoms. The molecule has 0 atom stereocenters. The molecular weight excluding hydrogens is 492 g/mol. The van der Waals surface area contributed by atoms with Gasteiger partial charge in [0, 0.05) is 76.4 Å². The number of aromatic nitrogens is 2. The zero-order chi connectivity index (χ0) is 27.0. The van der Waals surface area contributed by atoms with Crippen molar-refractivity contribution >= 4 is 23.4 Å². The Morgan fingerprint density at radius 3 is 2.56 bits per heavy atom. The summed E-state index contributed by atoms with van der Waals surface area (Å²) in [5.74, 6) is 0.208. The average Bonchev–Trinajstić information content (AvgIpc) is 3.65. The number of nitrogens with one attached hydrogen (secondary N) is 1. The minimum absolute atomic E-state index is 0.122. The van der Waals surface area contributed by atoms with E-state index < -0.39 is 0 Å². The van der Waals surface area contributed by atoms with E-state index in [4.69, 9.17) is 4.74 Å². The van der Waals surface area contributed by atoms with E-state index in [1.807, 2.05) is 4.90 Å². The van der Waals surface area contributed by atoms with Crippen LogP contribution < -0.4 is 10.2 Å². The predicted octanol–water partition coefficient (Wildman–Crippen LogP) is 4.26. The SMILES string of the molecule is CC(=O)Nc1ccn(C(=O)N2CCC3(CCCN3Cc3ccc(C)cc3N3CCC4(CCOCC4)C3)CC2)n1. The fourth-order valence-electron chi connectivity index (χ4n) is 7.40. The standard InChI is InChI=1S/C30H42N6O3/c1-23-4-5-25(26(20-23)34-15-8-29(22-34)11-18-39-19-12-29)21-35-13-3-7-30(35)9-16-33(17-10-30)28(38)36-14-6-27(32-36)31-24(2)37/h4-6,14,20H,3,7-13,15-19,21-22H2,1-2H3,(H,31,32,37). The maximum atomic E-state index is 13.1. The van der Waals surface area contributed by atoms with Crippen molar-refractivity contribution in [1.29, 1.82) is 0 Å². The van der Waals surface area contributed by atoms with Gasteiger partial charge in [-0.25, -0.2) is 4.79 Å². The Bertz CT molecular complexity index is 1210. The fourth-order valence-corrected chi connectivity index (χ4v) is 7.40. The van der Waals surface area contributed by atoms with Gasteiger partial charge in [-0.15, -0.1) is 5.10 Å². The van der Waals surface area contributed by atoms with E-state index in [1.165, 1.54) is 60.5 Å². The first-order valence-corrected chi connectivity index (χ1v) is 14.6. The normalized spacial score (nSPS) is 22.6. The summed E-state index contributed by atoms with van der Waals surface area (Å²) in [6.07, 6.45) is 9.62. The van der Waals surface area contributed by atoms with Crippen molar-refractivity contribution < 1.29 is 14.3 Å². The van der Waals surface area contributed by atoms with Gasteiger partial charge in [0.05, 0.1) is 0 Å². The molecule has 1 N–H and O–H groups in total. The Morgan fingerprint density at radius 2 is 1.79 bits per heavy atom. The van der Waals surface area contributed by atoms with Crippen LogP contribution in [0.15, 0.2) is 30.5 Å². The molecule has 9 nitrogen and oxygen atoms in total. The van der Waals surface area contributed by atoms with Crippen molar-refractivity contribution in [3.63, 3.8) is 0 Å². The van der Waals surface area contributed by atoms with Gasteiger partial charge in [0.1, 0.15) is 0 Å². The van der Waals surface area contributed by atoms with Crippen LogP contribution in [0.2, 0.25) is 0 Å². The first kappa shape index (κ1) is 26.3. The number of carbonyl (C=O) groups excluding carboxylic acids is 2. The number of aryl methyl sites for hydroxylation is 1. The van der Waals surface area contributed by atoms with Crippen LogP contribution >= 0.6 is 0 Å². The Labute approximate surface area is 231 Å². The van der Waals surface area contributed by atoms with Crippen LogP contribution in [0, 0.1) is 12.3 Å². The summed E-state index contributed by atoms with van der Waals surface area (Å²) in [5, 5.41) is 6.88. The Hall–Kier alpha value is -2.91. The van der Waals surface area contributed by atoms with E-state index in [2.05, 4.69) is 45.3 Å². The molecule has 5 heterocycles. The first-order chi connectivity index (χ1) is 18.8. The highest BCUT2D eigenvalue weighted by atomic mass is 16.5. The summed E-state index contributed by atoms with van der Waals surface area (Å²) in [7, 11) is 0. The third kappa shape index (κ3) is 5.31. The summed E-state index contributed by atoms with van der Waals surface area (Å²) in [5.41, 5.74) is 4.75. The Morgan fingerprint density at radius 1 is 1.00 bits per heavy atom. The molecule has 6 rings (SSSR count). The summed E-state index contributed by atoms with van der Waals surface area (Å²) in [6.45, 7) is 11.3. The number of ether oxygens (including phenoxy) is 1. The second-order valence-electron chi connectivity index (χ2n) is 12.3. The summed E-state index contributed by atoms with van der Waals surface area (Å²) < 4.78 is 7.03. The van der Waals surface area contributed by atoms with Crippen LogP contribution in [-0.4, -0.2) is 83.0 Å². The number of carbonyl (C=O) groups is 2. The number of anilines is 2. The van der Waals surface area contributed by atoms with Gasteiger partial charge in [-0.05, 0) is 81.0 Å². The molecule has 4 aliphatic heterocycles. The van der Waals surface area contributed by atoms with Crippen molar-refractivity contribution in [2.24, 2.45) is 5.41 Å². The highest BCUT2D eigenvalue weighted by Gasteiger charge is 2.45. The first-order valence-electron chi connectivity index (χ1n) is 14.6. The average molecular weight is 535 g/mol. The smallest absolute Gasteiger partial charge is 0.344 e. The molecule has 4 aliphatic rings. The van der Waals surface area contributed by atoms with Crippen molar-refractivity contribution in [3.05, 3.63) is 41.6 Å². The van der Waals surface area contributed by atoms with Crippen LogP contribution in [-0.2, 0) is 16.1 Å². The molecule has 0 unspecified atom stereocenters. The second-order valence-corrected chi connectivity index (χ2v) is 12.3. The van der Waals surface area contributed by atoms with Gasteiger partial charge in [-0.3, -0.25) is 9.69 Å². The molecule has 2 spiro atoms. The summed E-state index contributed by atoms with van der Waals surface area (Å²) >= 11 is 0. The number of hydrogen-bond acceptors (Lipinski definition) is 6. The maximum Gasteiger partial charge on any atom is 0.344 e. The number of benzene rings is 1. The number of amides is 2. The van der Waals surface area contributed by atoms with Gasteiger partial charge in [0.2, 0.25) is 5.91 Å². The quantitative estimate of drug-likeness (QED) is 0.631. The van der Waals surface area contributed by atoms with Crippen LogP contribution in [0.4, 0.5) is 16.3 Å². The topological polar surface area (TPSA) is 82.9 Å². The van der Waals surface area contributed by atoms with Crippen LogP contribution in [0.3, 0.4) is 0 Å². The van der Waals surface area contributed by atoms with E-state index in [0.29, 0.717) is 11.2 Å². The molecule has 2 amide bonds. The number of likely N-dealkylation sites (tertiary alicyclic amines) is 2. The molecule has 2 aromatic rings. The molecule has 210 valence electrons. The van der Waals surface area contributed by atoms with Gasteiger partial charge < -0.3 is 19.9 Å². The molecule has 39 heavy (non-hydrogen) atoms. The van der Waals surface area contributed by atoms with Gasteiger partial charge in [-0.1, -0.05) is 12.1 Å². The van der Waals surface area contributed by atoms with E-state index in [1.54, 1.807) is 12.3 Å². The third-order valence-corrected chi connectivity index (χ3v) is 9.73. The van der Waals surface area contributed by atoms with Gasteiger partial charge in [0.15, 0.2) is 5.82 Å². The van der Waals surface area contributed by atoms with Gasteiger partial charge >= 0.3 is 6.03 Å². The van der Waals surface area contributed by atoms with E-state index in [9.17, 15) is 9.59 Å². The second kappa shape index (κ2) is 10.6. The van der Waals surface area contributed by atoms with E-state index >= 15 is 0 Å². The lowest BCUT2D eigenvalue weighted by Gasteiger charge is -2.45. The lowest BCUT2D eigenvalue weighted by atomic mass is 9.80. The van der Waals surface area contributed by atoms with Crippen molar-refractivity contribution in [1.82, 2.24) is 19.6 Å². The predicted molar refractivity (Wildman–Crippen MR) is 151 cm³/mol. The molecule has 9 heteroatoms. The maximum absolute atomic E-state index is 13.1. The molecule has 1 aromatic heterocycles. The number of nitrogens with zero attached hydrogens (tertiary/aromatic N) is 5. The van der Waals surface area contributed by atoms with Crippen LogP contribution in [0.5, 0.6) is 0 Å². The monoisotopic (exact) mass is 534 g/mol. The van der Waals surface area contributed by atoms with E-state index in [0.717, 1.165) is 65.3 Å². The van der Waals surface area contributed by atoms with Crippen LogP contribution in [0.1, 0.15) is 63.0 Å². The minimum atomic E-state index is -0.196. The van der Waals surface area contributed by atoms with Crippen molar-refractivity contribution in [3.8, 4) is 0 Å². The highest BCUT2D eigenvalue weighted by Crippen LogP contribution is 2.44. The lowest BCUT2D eigenvalue weighted by Crippen LogP contribution is -2.53. The molecule has 1 aromatic carbocycles. The van der Waals surface area contributed by atoms with Crippen LogP contribution in [0.25, 0.3) is 0 Å². The zero-order valence-electron chi connectivity index (χ0n) is 23.5. The van der Waals surface area contributed by atoms with Crippen molar-refractivity contribution in [2.75, 3.05) is 56.2 Å². The van der Waals surface area contributed by atoms with Gasteiger partial charge in [-0.2, -0.15) is 4.68 Å². The fraction of sp³-hybridized carbons (Fsp3) is 0.633. The molecule has 0 aliphatic carbocycles. The molecule has 4 fully saturated rings. The Balaban J connectivity index is 1.13. The molecule has 0 radical (unpaired) electrons. The minimum Gasteiger partial charge on any atom is -0.381 e. The number of hydrogen-bond donors (Lipinski definition) is 1. The highest BCUT2D eigenvalue weighted by molar-refractivity contribution is 5.88. The number of rotatable bonds is 4. The summed E-state index contributed by atoms with van der Waals surface area (Å²) in [6, 6.07) is 8.56.